The summed E-state index contributed by atoms with van der Waals surface area (Å²) in [5, 5.41) is 0. The number of rotatable bonds is 9. The van der Waals surface area contributed by atoms with Crippen LogP contribution in [-0.4, -0.2) is 18.0 Å². The van der Waals surface area contributed by atoms with E-state index in [2.05, 4.69) is 20.8 Å². The van der Waals surface area contributed by atoms with E-state index >= 15 is 0 Å². The largest absolute Gasteiger partial charge is 0.478 e. The fourth-order valence-electron chi connectivity index (χ4n) is 2.34. The Balaban J connectivity index is 2.16. The summed E-state index contributed by atoms with van der Waals surface area (Å²) in [7, 11) is 0. The van der Waals surface area contributed by atoms with Crippen LogP contribution in [0.1, 0.15) is 78.6 Å². The van der Waals surface area contributed by atoms with E-state index in [0.29, 0.717) is 0 Å². The van der Waals surface area contributed by atoms with Crippen molar-refractivity contribution in [2.24, 2.45) is 4.99 Å². The molecule has 17 heavy (non-hydrogen) atoms. The Labute approximate surface area is 107 Å². The van der Waals surface area contributed by atoms with Gasteiger partial charge in [-0.15, -0.1) is 0 Å². The van der Waals surface area contributed by atoms with Gasteiger partial charge in [-0.05, 0) is 19.3 Å². The quantitative estimate of drug-likeness (QED) is 0.533. The van der Waals surface area contributed by atoms with Gasteiger partial charge >= 0.3 is 0 Å². The Hall–Kier alpha value is -0.530. The third-order valence-electron chi connectivity index (χ3n) is 3.93. The molecule has 0 amide bonds. The Kier molecular flexibility index (Phi) is 6.61. The first-order chi connectivity index (χ1) is 8.26. The molecule has 0 saturated heterocycles. The van der Waals surface area contributed by atoms with E-state index in [0.717, 1.165) is 31.8 Å². The van der Waals surface area contributed by atoms with Crippen LogP contribution in [0.5, 0.6) is 0 Å². The van der Waals surface area contributed by atoms with Crippen molar-refractivity contribution < 1.29 is 4.74 Å². The average molecular weight is 239 g/mol. The molecule has 1 aliphatic heterocycles. The maximum atomic E-state index is 5.73. The molecule has 0 N–H and O–H groups in total. The second-order valence-corrected chi connectivity index (χ2v) is 5.24. The third-order valence-corrected chi connectivity index (χ3v) is 3.93. The molecule has 0 aromatic carbocycles. The zero-order valence-corrected chi connectivity index (χ0v) is 11.9. The second kappa shape index (κ2) is 7.73. The Morgan fingerprint density at radius 1 is 1.00 bits per heavy atom. The molecule has 0 atom stereocenters. The summed E-state index contributed by atoms with van der Waals surface area (Å²) in [5.41, 5.74) is 0.109. The summed E-state index contributed by atoms with van der Waals surface area (Å²) in [6, 6.07) is 0. The first-order valence-corrected chi connectivity index (χ1v) is 7.48. The van der Waals surface area contributed by atoms with Gasteiger partial charge in [0.05, 0.1) is 5.54 Å². The van der Waals surface area contributed by atoms with Gasteiger partial charge in [-0.2, -0.15) is 0 Å². The van der Waals surface area contributed by atoms with Gasteiger partial charge in [0.2, 0.25) is 0 Å². The van der Waals surface area contributed by atoms with Gasteiger partial charge in [-0.25, -0.2) is 4.99 Å². The predicted octanol–water partition coefficient (Wildman–Crippen LogP) is 4.72. The monoisotopic (exact) mass is 239 g/mol. The summed E-state index contributed by atoms with van der Waals surface area (Å²) in [4.78, 5) is 4.78. The van der Waals surface area contributed by atoms with E-state index in [4.69, 9.17) is 9.73 Å². The zero-order valence-electron chi connectivity index (χ0n) is 11.9. The third kappa shape index (κ3) is 4.69. The van der Waals surface area contributed by atoms with Crippen molar-refractivity contribution in [3.8, 4) is 0 Å². The first-order valence-electron chi connectivity index (χ1n) is 7.48. The van der Waals surface area contributed by atoms with Crippen LogP contribution in [0.4, 0.5) is 0 Å². The highest BCUT2D eigenvalue weighted by Crippen LogP contribution is 2.27. The Bertz CT molecular complexity index is 231. The summed E-state index contributed by atoms with van der Waals surface area (Å²) in [6.07, 6.45) is 11.3. The molecule has 2 heteroatoms. The minimum atomic E-state index is 0.109. The van der Waals surface area contributed by atoms with Crippen LogP contribution in [0.15, 0.2) is 4.99 Å². The summed E-state index contributed by atoms with van der Waals surface area (Å²) in [5.74, 6) is 1.02. The number of aliphatic imine (C=N–C) groups is 1. The molecular weight excluding hydrogens is 210 g/mol. The molecule has 0 spiro atoms. The molecule has 1 heterocycles. The maximum Gasteiger partial charge on any atom is 0.183 e. The number of hydrogen-bond acceptors (Lipinski definition) is 2. The van der Waals surface area contributed by atoms with E-state index < -0.39 is 0 Å². The molecule has 0 aromatic heterocycles. The van der Waals surface area contributed by atoms with Gasteiger partial charge in [-0.1, -0.05) is 52.9 Å². The molecule has 1 aliphatic rings. The number of unbranched alkanes of at least 4 members (excludes halogenated alkanes) is 5. The van der Waals surface area contributed by atoms with Crippen LogP contribution in [0.2, 0.25) is 0 Å². The van der Waals surface area contributed by atoms with E-state index in [1.807, 2.05) is 0 Å². The fourth-order valence-corrected chi connectivity index (χ4v) is 2.34. The molecule has 0 aliphatic carbocycles. The lowest BCUT2D eigenvalue weighted by atomic mass is 9.96. The van der Waals surface area contributed by atoms with Gasteiger partial charge in [0.1, 0.15) is 6.61 Å². The molecular formula is C15H29NO. The van der Waals surface area contributed by atoms with Crippen LogP contribution in [-0.2, 0) is 4.74 Å². The van der Waals surface area contributed by atoms with Crippen LogP contribution in [0.25, 0.3) is 0 Å². The lowest BCUT2D eigenvalue weighted by Gasteiger charge is -2.18. The van der Waals surface area contributed by atoms with E-state index in [-0.39, 0.29) is 5.54 Å². The summed E-state index contributed by atoms with van der Waals surface area (Å²) < 4.78 is 5.73. The number of ether oxygens (including phenoxy) is 1. The van der Waals surface area contributed by atoms with Crippen molar-refractivity contribution in [1.29, 1.82) is 0 Å². The Morgan fingerprint density at radius 3 is 2.24 bits per heavy atom. The van der Waals surface area contributed by atoms with E-state index in [9.17, 15) is 0 Å². The summed E-state index contributed by atoms with van der Waals surface area (Å²) in [6.45, 7) is 7.50. The highest BCUT2D eigenvalue weighted by atomic mass is 16.5. The molecule has 0 saturated carbocycles. The van der Waals surface area contributed by atoms with E-state index in [1.54, 1.807) is 0 Å². The van der Waals surface area contributed by atoms with Crippen molar-refractivity contribution in [2.75, 3.05) is 6.61 Å². The average Bonchev–Trinajstić information content (AvgIpc) is 2.78. The standard InChI is InChI=1S/C15H29NO/c1-4-7-8-9-10-11-12-14-16-15(5-2,6-3)13-17-14/h4-13H2,1-3H3. The van der Waals surface area contributed by atoms with Crippen LogP contribution < -0.4 is 0 Å². The topological polar surface area (TPSA) is 21.6 Å². The molecule has 100 valence electrons. The molecule has 0 fully saturated rings. The van der Waals surface area contributed by atoms with Crippen molar-refractivity contribution in [1.82, 2.24) is 0 Å². The lowest BCUT2D eigenvalue weighted by Crippen LogP contribution is -2.25. The lowest BCUT2D eigenvalue weighted by molar-refractivity contribution is 0.240. The highest BCUT2D eigenvalue weighted by Gasteiger charge is 2.32. The SMILES string of the molecule is CCCCCCCCC1=NC(CC)(CC)CO1. The summed E-state index contributed by atoms with van der Waals surface area (Å²) >= 11 is 0. The van der Waals surface area contributed by atoms with Crippen LogP contribution in [0.3, 0.4) is 0 Å². The maximum absolute atomic E-state index is 5.73. The number of hydrogen-bond donors (Lipinski definition) is 0. The zero-order chi connectivity index (χ0) is 12.6. The minimum absolute atomic E-state index is 0.109. The molecule has 1 rings (SSSR count). The predicted molar refractivity (Wildman–Crippen MR) is 74.7 cm³/mol. The first kappa shape index (κ1) is 14.5. The van der Waals surface area contributed by atoms with Gasteiger partial charge in [0, 0.05) is 6.42 Å². The van der Waals surface area contributed by atoms with Crippen molar-refractivity contribution in [3.63, 3.8) is 0 Å². The van der Waals surface area contributed by atoms with Gasteiger partial charge in [-0.3, -0.25) is 0 Å². The second-order valence-electron chi connectivity index (χ2n) is 5.24. The highest BCUT2D eigenvalue weighted by molar-refractivity contribution is 5.78. The molecule has 2 nitrogen and oxygen atoms in total. The minimum Gasteiger partial charge on any atom is -0.478 e. The van der Waals surface area contributed by atoms with Gasteiger partial charge in [0.25, 0.3) is 0 Å². The molecule has 0 radical (unpaired) electrons. The number of nitrogens with zero attached hydrogens (tertiary/aromatic N) is 1. The molecule has 0 aromatic rings. The van der Waals surface area contributed by atoms with Crippen molar-refractivity contribution in [2.45, 2.75) is 84.1 Å². The van der Waals surface area contributed by atoms with Crippen LogP contribution >= 0.6 is 0 Å². The van der Waals surface area contributed by atoms with E-state index in [1.165, 1.54) is 38.5 Å². The van der Waals surface area contributed by atoms with Gasteiger partial charge < -0.3 is 4.74 Å². The smallest absolute Gasteiger partial charge is 0.183 e. The fraction of sp³-hybridized carbons (Fsp3) is 0.933. The Morgan fingerprint density at radius 2 is 1.65 bits per heavy atom. The van der Waals surface area contributed by atoms with Crippen molar-refractivity contribution >= 4 is 5.90 Å². The molecule has 0 bridgehead atoms. The normalized spacial score (nSPS) is 17.9. The van der Waals surface area contributed by atoms with Crippen molar-refractivity contribution in [3.05, 3.63) is 0 Å². The molecule has 0 unspecified atom stereocenters. The van der Waals surface area contributed by atoms with Crippen LogP contribution in [0, 0.1) is 0 Å². The van der Waals surface area contributed by atoms with Gasteiger partial charge in [0.15, 0.2) is 5.90 Å².